The van der Waals surface area contributed by atoms with Crippen LogP contribution in [-0.4, -0.2) is 10.4 Å². The molecule has 1 aromatic rings. The molecule has 0 saturated heterocycles. The summed E-state index contributed by atoms with van der Waals surface area (Å²) < 4.78 is 0. The van der Waals surface area contributed by atoms with Crippen molar-refractivity contribution in [3.05, 3.63) is 34.9 Å². The van der Waals surface area contributed by atoms with Gasteiger partial charge in [-0.1, -0.05) is 45.9 Å². The van der Waals surface area contributed by atoms with Gasteiger partial charge in [0.2, 0.25) is 6.29 Å². The SMILES string of the molecule is CC(C)c1cccc(C(O)OO)c1C(C)C. The molecule has 3 nitrogen and oxygen atoms in total. The average Bonchev–Trinajstić information content (AvgIpc) is 2.26. The van der Waals surface area contributed by atoms with Gasteiger partial charge in [0.05, 0.1) is 0 Å². The largest absolute Gasteiger partial charge is 0.362 e. The molecule has 0 fully saturated rings. The first-order chi connectivity index (χ1) is 7.49. The molecule has 0 amide bonds. The molecule has 0 saturated carbocycles. The van der Waals surface area contributed by atoms with Gasteiger partial charge in [-0.2, -0.15) is 0 Å². The topological polar surface area (TPSA) is 49.7 Å². The smallest absolute Gasteiger partial charge is 0.214 e. The monoisotopic (exact) mass is 224 g/mol. The second-order valence-electron chi connectivity index (χ2n) is 4.62. The van der Waals surface area contributed by atoms with E-state index in [1.807, 2.05) is 12.1 Å². The van der Waals surface area contributed by atoms with Crippen molar-refractivity contribution in [1.82, 2.24) is 0 Å². The summed E-state index contributed by atoms with van der Waals surface area (Å²) in [6.07, 6.45) is -1.27. The second-order valence-corrected chi connectivity index (χ2v) is 4.62. The Bertz CT molecular complexity index is 345. The van der Waals surface area contributed by atoms with Crippen LogP contribution in [0.3, 0.4) is 0 Å². The lowest BCUT2D eigenvalue weighted by Crippen LogP contribution is -2.09. The number of aliphatic hydroxyl groups excluding tert-OH is 1. The van der Waals surface area contributed by atoms with Crippen molar-refractivity contribution in [3.63, 3.8) is 0 Å². The third kappa shape index (κ3) is 2.61. The summed E-state index contributed by atoms with van der Waals surface area (Å²) in [6, 6.07) is 5.70. The van der Waals surface area contributed by atoms with E-state index in [2.05, 4.69) is 32.6 Å². The molecule has 0 aliphatic rings. The van der Waals surface area contributed by atoms with E-state index in [-0.39, 0.29) is 5.92 Å². The molecule has 0 aromatic heterocycles. The highest BCUT2D eigenvalue weighted by atomic mass is 17.1. The molecule has 0 bridgehead atoms. The molecule has 1 atom stereocenters. The minimum atomic E-state index is -1.27. The summed E-state index contributed by atoms with van der Waals surface area (Å²) in [6.45, 7) is 8.35. The molecule has 0 heterocycles. The summed E-state index contributed by atoms with van der Waals surface area (Å²) >= 11 is 0. The Morgan fingerprint density at radius 1 is 1.00 bits per heavy atom. The van der Waals surface area contributed by atoms with Crippen LogP contribution in [0.4, 0.5) is 0 Å². The van der Waals surface area contributed by atoms with E-state index in [0.717, 1.165) is 5.56 Å². The van der Waals surface area contributed by atoms with E-state index in [9.17, 15) is 5.11 Å². The first kappa shape index (κ1) is 13.2. The highest BCUT2D eigenvalue weighted by Gasteiger charge is 2.19. The van der Waals surface area contributed by atoms with Crippen LogP contribution in [-0.2, 0) is 4.89 Å². The number of benzene rings is 1. The predicted molar refractivity (Wildman–Crippen MR) is 63.3 cm³/mol. The summed E-state index contributed by atoms with van der Waals surface area (Å²) in [5.41, 5.74) is 2.88. The van der Waals surface area contributed by atoms with Gasteiger partial charge in [0, 0.05) is 5.56 Å². The van der Waals surface area contributed by atoms with Gasteiger partial charge in [-0.05, 0) is 23.0 Å². The summed E-state index contributed by atoms with van der Waals surface area (Å²) in [4.78, 5) is 4.02. The van der Waals surface area contributed by atoms with Gasteiger partial charge in [0.1, 0.15) is 0 Å². The zero-order valence-corrected chi connectivity index (χ0v) is 10.3. The third-order valence-electron chi connectivity index (χ3n) is 2.74. The van der Waals surface area contributed by atoms with Crippen LogP contribution in [0.25, 0.3) is 0 Å². The van der Waals surface area contributed by atoms with E-state index in [0.29, 0.717) is 11.5 Å². The quantitative estimate of drug-likeness (QED) is 0.468. The molecule has 1 aromatic carbocycles. The van der Waals surface area contributed by atoms with Gasteiger partial charge in [-0.3, -0.25) is 0 Å². The molecule has 16 heavy (non-hydrogen) atoms. The molecule has 1 unspecified atom stereocenters. The maximum absolute atomic E-state index is 9.59. The summed E-state index contributed by atoms with van der Waals surface area (Å²) in [5, 5.41) is 18.2. The highest BCUT2D eigenvalue weighted by molar-refractivity contribution is 5.40. The zero-order valence-electron chi connectivity index (χ0n) is 10.3. The molecule has 1 rings (SSSR count). The van der Waals surface area contributed by atoms with Crippen molar-refractivity contribution < 1.29 is 15.3 Å². The first-order valence-corrected chi connectivity index (χ1v) is 5.60. The van der Waals surface area contributed by atoms with Gasteiger partial charge in [-0.15, -0.1) is 0 Å². The van der Waals surface area contributed by atoms with Crippen LogP contribution in [0.5, 0.6) is 0 Å². The molecular weight excluding hydrogens is 204 g/mol. The normalized spacial score (nSPS) is 13.5. The van der Waals surface area contributed by atoms with Crippen molar-refractivity contribution >= 4 is 0 Å². The van der Waals surface area contributed by atoms with Crippen LogP contribution < -0.4 is 0 Å². The van der Waals surface area contributed by atoms with Crippen molar-refractivity contribution in [2.75, 3.05) is 0 Å². The van der Waals surface area contributed by atoms with Crippen LogP contribution in [0.15, 0.2) is 18.2 Å². The Morgan fingerprint density at radius 2 is 1.56 bits per heavy atom. The lowest BCUT2D eigenvalue weighted by molar-refractivity contribution is -0.339. The number of rotatable bonds is 4. The van der Waals surface area contributed by atoms with Crippen molar-refractivity contribution in [1.29, 1.82) is 0 Å². The highest BCUT2D eigenvalue weighted by Crippen LogP contribution is 2.32. The summed E-state index contributed by atoms with van der Waals surface area (Å²) in [7, 11) is 0. The predicted octanol–water partition coefficient (Wildman–Crippen LogP) is 3.41. The number of hydrogen-bond donors (Lipinski definition) is 2. The van der Waals surface area contributed by atoms with Gasteiger partial charge in [-0.25, -0.2) is 10.1 Å². The third-order valence-corrected chi connectivity index (χ3v) is 2.74. The fourth-order valence-corrected chi connectivity index (χ4v) is 2.04. The lowest BCUT2D eigenvalue weighted by atomic mass is 9.87. The number of aliphatic hydroxyl groups is 1. The molecule has 0 aliphatic carbocycles. The fraction of sp³-hybridized carbons (Fsp3) is 0.538. The van der Waals surface area contributed by atoms with Gasteiger partial charge >= 0.3 is 0 Å². The Hall–Kier alpha value is -0.900. The van der Waals surface area contributed by atoms with E-state index < -0.39 is 6.29 Å². The standard InChI is InChI=1S/C13H20O3/c1-8(2)10-6-5-7-11(13(14)16-15)12(10)9(3)4/h5-9,13-15H,1-4H3. The maximum atomic E-state index is 9.59. The number of hydrogen-bond acceptors (Lipinski definition) is 3. The zero-order chi connectivity index (χ0) is 12.3. The van der Waals surface area contributed by atoms with Gasteiger partial charge < -0.3 is 5.11 Å². The molecule has 3 heteroatoms. The van der Waals surface area contributed by atoms with E-state index in [1.165, 1.54) is 5.56 Å². The van der Waals surface area contributed by atoms with Crippen LogP contribution in [0.1, 0.15) is 62.5 Å². The molecule has 0 spiro atoms. The molecule has 0 radical (unpaired) electrons. The van der Waals surface area contributed by atoms with Gasteiger partial charge in [0.15, 0.2) is 0 Å². The molecule has 0 aliphatic heterocycles. The van der Waals surface area contributed by atoms with Crippen LogP contribution in [0.2, 0.25) is 0 Å². The van der Waals surface area contributed by atoms with Crippen molar-refractivity contribution in [2.24, 2.45) is 0 Å². The minimum absolute atomic E-state index is 0.276. The molecular formula is C13H20O3. The Labute approximate surface area is 96.6 Å². The van der Waals surface area contributed by atoms with E-state index in [4.69, 9.17) is 5.26 Å². The Balaban J connectivity index is 3.32. The fourth-order valence-electron chi connectivity index (χ4n) is 2.04. The average molecular weight is 224 g/mol. The van der Waals surface area contributed by atoms with E-state index >= 15 is 0 Å². The van der Waals surface area contributed by atoms with Gasteiger partial charge in [0.25, 0.3) is 0 Å². The molecule has 2 N–H and O–H groups in total. The Morgan fingerprint density at radius 3 is 2.00 bits per heavy atom. The Kier molecular flexibility index (Phi) is 4.47. The lowest BCUT2D eigenvalue weighted by Gasteiger charge is -2.21. The minimum Gasteiger partial charge on any atom is -0.362 e. The van der Waals surface area contributed by atoms with Crippen molar-refractivity contribution in [2.45, 2.75) is 45.8 Å². The van der Waals surface area contributed by atoms with Crippen LogP contribution >= 0.6 is 0 Å². The maximum Gasteiger partial charge on any atom is 0.214 e. The summed E-state index contributed by atoms with van der Waals surface area (Å²) in [5.74, 6) is 0.654. The second kappa shape index (κ2) is 5.43. The van der Waals surface area contributed by atoms with Crippen LogP contribution in [0, 0.1) is 0 Å². The molecule has 90 valence electrons. The van der Waals surface area contributed by atoms with E-state index in [1.54, 1.807) is 6.07 Å². The van der Waals surface area contributed by atoms with Crippen molar-refractivity contribution in [3.8, 4) is 0 Å². The first-order valence-electron chi connectivity index (χ1n) is 5.60.